The summed E-state index contributed by atoms with van der Waals surface area (Å²) in [7, 11) is 1.89. The molecule has 162 valence electrons. The van der Waals surface area contributed by atoms with E-state index in [4.69, 9.17) is 16.0 Å². The number of hydrogen-bond acceptors (Lipinski definition) is 4. The standard InChI is InChI=1S/C24H25ClFN3O2/c1-28(15-17-7-9-20(26)10-8-17)16-23(30)29-11-3-6-22(29)24-27-14-21(31-24)13-18-4-2-5-19(25)12-18/h2,4-5,7-10,12,14,22H,3,6,11,13,15-16H2,1H3/t22-/m0/s1. The molecule has 5 nitrogen and oxygen atoms in total. The van der Waals surface area contributed by atoms with Crippen LogP contribution in [0.5, 0.6) is 0 Å². The molecule has 0 N–H and O–H groups in total. The van der Waals surface area contributed by atoms with Crippen molar-refractivity contribution in [2.75, 3.05) is 20.1 Å². The number of nitrogens with zero attached hydrogens (tertiary/aromatic N) is 3. The van der Waals surface area contributed by atoms with Crippen molar-refractivity contribution in [1.29, 1.82) is 0 Å². The third-order valence-corrected chi connectivity index (χ3v) is 5.70. The van der Waals surface area contributed by atoms with Gasteiger partial charge in [0.1, 0.15) is 17.6 Å². The van der Waals surface area contributed by atoms with E-state index in [1.807, 2.05) is 41.1 Å². The van der Waals surface area contributed by atoms with Crippen molar-refractivity contribution >= 4 is 17.5 Å². The number of halogens is 2. The van der Waals surface area contributed by atoms with Gasteiger partial charge in [0.15, 0.2) is 0 Å². The minimum absolute atomic E-state index is 0.0432. The molecule has 1 aliphatic rings. The Kier molecular flexibility index (Phi) is 6.68. The van der Waals surface area contributed by atoms with Gasteiger partial charge in [0.05, 0.1) is 12.7 Å². The molecule has 0 bridgehead atoms. The Hall–Kier alpha value is -2.70. The average molecular weight is 442 g/mol. The van der Waals surface area contributed by atoms with E-state index in [0.29, 0.717) is 30.4 Å². The summed E-state index contributed by atoms with van der Waals surface area (Å²) >= 11 is 6.06. The molecule has 1 atom stereocenters. The summed E-state index contributed by atoms with van der Waals surface area (Å²) in [6.45, 7) is 1.55. The summed E-state index contributed by atoms with van der Waals surface area (Å²) in [5, 5.41) is 0.689. The smallest absolute Gasteiger partial charge is 0.237 e. The quantitative estimate of drug-likeness (QED) is 0.525. The molecular weight excluding hydrogens is 417 g/mol. The minimum atomic E-state index is -0.261. The highest BCUT2D eigenvalue weighted by Crippen LogP contribution is 2.32. The van der Waals surface area contributed by atoms with E-state index in [-0.39, 0.29) is 24.3 Å². The van der Waals surface area contributed by atoms with Crippen LogP contribution in [0.15, 0.2) is 59.1 Å². The maximum Gasteiger partial charge on any atom is 0.237 e. The first-order chi connectivity index (χ1) is 15.0. The molecule has 0 unspecified atom stereocenters. The normalized spacial score (nSPS) is 16.3. The Balaban J connectivity index is 1.37. The molecule has 31 heavy (non-hydrogen) atoms. The fraction of sp³-hybridized carbons (Fsp3) is 0.333. The van der Waals surface area contributed by atoms with Crippen LogP contribution in [0.1, 0.15) is 41.7 Å². The predicted molar refractivity (Wildman–Crippen MR) is 117 cm³/mol. The van der Waals surface area contributed by atoms with E-state index in [9.17, 15) is 9.18 Å². The Labute approximate surface area is 186 Å². The molecule has 0 radical (unpaired) electrons. The molecule has 0 saturated carbocycles. The van der Waals surface area contributed by atoms with Crippen LogP contribution in [-0.2, 0) is 17.8 Å². The molecule has 2 aromatic carbocycles. The van der Waals surface area contributed by atoms with Crippen LogP contribution in [0.3, 0.4) is 0 Å². The minimum Gasteiger partial charge on any atom is -0.443 e. The fourth-order valence-corrected chi connectivity index (χ4v) is 4.22. The van der Waals surface area contributed by atoms with Gasteiger partial charge in [-0.3, -0.25) is 9.69 Å². The van der Waals surface area contributed by atoms with Crippen molar-refractivity contribution in [3.63, 3.8) is 0 Å². The molecule has 1 aliphatic heterocycles. The summed E-state index contributed by atoms with van der Waals surface area (Å²) in [6.07, 6.45) is 4.10. The molecule has 0 aliphatic carbocycles. The van der Waals surface area contributed by atoms with Crippen molar-refractivity contribution in [2.45, 2.75) is 31.8 Å². The van der Waals surface area contributed by atoms with Crippen molar-refractivity contribution in [2.24, 2.45) is 0 Å². The lowest BCUT2D eigenvalue weighted by atomic mass is 10.1. The molecule has 4 rings (SSSR count). The van der Waals surface area contributed by atoms with Crippen molar-refractivity contribution in [3.8, 4) is 0 Å². The lowest BCUT2D eigenvalue weighted by molar-refractivity contribution is -0.133. The molecule has 1 fully saturated rings. The largest absolute Gasteiger partial charge is 0.443 e. The van der Waals surface area contributed by atoms with Gasteiger partial charge in [-0.15, -0.1) is 0 Å². The van der Waals surface area contributed by atoms with Crippen LogP contribution in [0.25, 0.3) is 0 Å². The number of likely N-dealkylation sites (tertiary alicyclic amines) is 1. The summed E-state index contributed by atoms with van der Waals surface area (Å²) in [4.78, 5) is 21.2. The maximum atomic E-state index is 13.1. The van der Waals surface area contributed by atoms with Crippen molar-refractivity contribution < 1.29 is 13.6 Å². The average Bonchev–Trinajstić information content (AvgIpc) is 3.39. The van der Waals surface area contributed by atoms with Gasteiger partial charge in [-0.2, -0.15) is 0 Å². The summed E-state index contributed by atoms with van der Waals surface area (Å²) in [6, 6.07) is 13.9. The number of amides is 1. The highest BCUT2D eigenvalue weighted by Gasteiger charge is 2.33. The zero-order valence-corrected chi connectivity index (χ0v) is 18.2. The summed E-state index contributed by atoms with van der Waals surface area (Å²) < 4.78 is 19.1. The van der Waals surface area contributed by atoms with E-state index >= 15 is 0 Å². The van der Waals surface area contributed by atoms with Crippen LogP contribution in [0.2, 0.25) is 5.02 Å². The van der Waals surface area contributed by atoms with Crippen molar-refractivity contribution in [3.05, 3.63) is 88.3 Å². The number of carbonyl (C=O) groups is 1. The SMILES string of the molecule is CN(CC(=O)N1CCC[C@H]1c1ncc(Cc2cccc(Cl)c2)o1)Cc1ccc(F)cc1. The monoisotopic (exact) mass is 441 g/mol. The van der Waals surface area contributed by atoms with Crippen LogP contribution in [0.4, 0.5) is 4.39 Å². The first-order valence-electron chi connectivity index (χ1n) is 10.4. The molecule has 3 aromatic rings. The van der Waals surface area contributed by atoms with E-state index in [2.05, 4.69) is 4.98 Å². The molecule has 1 aromatic heterocycles. The third kappa shape index (κ3) is 5.51. The highest BCUT2D eigenvalue weighted by atomic mass is 35.5. The fourth-order valence-electron chi connectivity index (χ4n) is 4.01. The molecule has 1 amide bonds. The number of aromatic nitrogens is 1. The molecular formula is C24H25ClFN3O2. The summed E-state index contributed by atoms with van der Waals surface area (Å²) in [5.41, 5.74) is 2.02. The number of hydrogen-bond donors (Lipinski definition) is 0. The van der Waals surface area contributed by atoms with E-state index in [1.165, 1.54) is 12.1 Å². The Morgan fingerprint density at radius 2 is 2.06 bits per heavy atom. The van der Waals surface area contributed by atoms with Gasteiger partial charge < -0.3 is 9.32 Å². The molecule has 1 saturated heterocycles. The van der Waals surface area contributed by atoms with Gasteiger partial charge in [-0.25, -0.2) is 9.37 Å². The van der Waals surface area contributed by atoms with Gasteiger partial charge >= 0.3 is 0 Å². The van der Waals surface area contributed by atoms with E-state index in [1.54, 1.807) is 18.3 Å². The van der Waals surface area contributed by atoms with Crippen molar-refractivity contribution in [1.82, 2.24) is 14.8 Å². The number of benzene rings is 2. The predicted octanol–water partition coefficient (Wildman–Crippen LogP) is 4.85. The van der Waals surface area contributed by atoms with Crippen LogP contribution < -0.4 is 0 Å². The van der Waals surface area contributed by atoms with Crippen LogP contribution in [-0.4, -0.2) is 40.8 Å². The van der Waals surface area contributed by atoms with Gasteiger partial charge in [0, 0.05) is 24.5 Å². The zero-order valence-electron chi connectivity index (χ0n) is 17.4. The lowest BCUT2D eigenvalue weighted by Crippen LogP contribution is -2.38. The van der Waals surface area contributed by atoms with E-state index < -0.39 is 0 Å². The van der Waals surface area contributed by atoms with Gasteiger partial charge in [0.25, 0.3) is 0 Å². The number of carbonyl (C=O) groups excluding carboxylic acids is 1. The summed E-state index contributed by atoms with van der Waals surface area (Å²) in [5.74, 6) is 1.12. The second-order valence-corrected chi connectivity index (χ2v) is 8.45. The van der Waals surface area contributed by atoms with E-state index in [0.717, 1.165) is 29.7 Å². The second kappa shape index (κ2) is 9.62. The van der Waals surface area contributed by atoms with Gasteiger partial charge in [0.2, 0.25) is 11.8 Å². The lowest BCUT2D eigenvalue weighted by Gasteiger charge is -2.25. The topological polar surface area (TPSA) is 49.6 Å². The van der Waals surface area contributed by atoms with Crippen LogP contribution >= 0.6 is 11.6 Å². The second-order valence-electron chi connectivity index (χ2n) is 8.02. The molecule has 7 heteroatoms. The first-order valence-corrected chi connectivity index (χ1v) is 10.8. The van der Waals surface area contributed by atoms with Gasteiger partial charge in [-0.1, -0.05) is 35.9 Å². The highest BCUT2D eigenvalue weighted by molar-refractivity contribution is 6.30. The Morgan fingerprint density at radius 1 is 1.26 bits per heavy atom. The van der Waals surface area contributed by atoms with Crippen LogP contribution in [0, 0.1) is 5.82 Å². The number of oxazole rings is 1. The number of likely N-dealkylation sites (N-methyl/N-ethyl adjacent to an activating group) is 1. The number of rotatable bonds is 7. The van der Waals surface area contributed by atoms with Gasteiger partial charge in [-0.05, 0) is 55.3 Å². The zero-order chi connectivity index (χ0) is 21.8. The maximum absolute atomic E-state index is 13.1. The Morgan fingerprint density at radius 3 is 2.84 bits per heavy atom. The Bertz CT molecular complexity index is 1040. The third-order valence-electron chi connectivity index (χ3n) is 5.47. The first kappa shape index (κ1) is 21.5. The molecule has 2 heterocycles. The molecule has 0 spiro atoms.